The summed E-state index contributed by atoms with van der Waals surface area (Å²) < 4.78 is 0. The lowest BCUT2D eigenvalue weighted by molar-refractivity contribution is -0.120. The first-order valence-corrected chi connectivity index (χ1v) is 6.69. The van der Waals surface area contributed by atoms with Crippen LogP contribution in [0.5, 0.6) is 0 Å². The van der Waals surface area contributed by atoms with E-state index in [1.807, 2.05) is 0 Å². The van der Waals surface area contributed by atoms with E-state index in [2.05, 4.69) is 45.0 Å². The van der Waals surface area contributed by atoms with Crippen molar-refractivity contribution in [1.82, 2.24) is 0 Å². The summed E-state index contributed by atoms with van der Waals surface area (Å²) in [5.41, 5.74) is 2.77. The third-order valence-electron chi connectivity index (χ3n) is 4.12. The second-order valence-electron chi connectivity index (χ2n) is 5.65. The van der Waals surface area contributed by atoms with Crippen LogP contribution in [0.25, 0.3) is 0 Å². The van der Waals surface area contributed by atoms with E-state index in [1.54, 1.807) is 0 Å². The summed E-state index contributed by atoms with van der Waals surface area (Å²) in [6, 6.07) is 8.90. The quantitative estimate of drug-likeness (QED) is 0.768. The van der Waals surface area contributed by atoms with Crippen LogP contribution in [0.4, 0.5) is 0 Å². The molecule has 2 rings (SSSR count). The molecule has 0 heterocycles. The number of hydrogen-bond acceptors (Lipinski definition) is 1. The lowest BCUT2D eigenvalue weighted by Gasteiger charge is -2.14. The first-order chi connectivity index (χ1) is 8.08. The molecule has 1 saturated carbocycles. The van der Waals surface area contributed by atoms with Crippen molar-refractivity contribution in [3.05, 3.63) is 35.4 Å². The highest BCUT2D eigenvalue weighted by molar-refractivity contribution is 5.83. The molecule has 0 amide bonds. The molecular formula is C16H22O. The summed E-state index contributed by atoms with van der Waals surface area (Å²) >= 11 is 0. The van der Waals surface area contributed by atoms with Crippen molar-refractivity contribution in [2.45, 2.75) is 46.0 Å². The van der Waals surface area contributed by atoms with Gasteiger partial charge < -0.3 is 0 Å². The zero-order valence-corrected chi connectivity index (χ0v) is 11.1. The van der Waals surface area contributed by atoms with Crippen molar-refractivity contribution in [3.63, 3.8) is 0 Å². The van der Waals surface area contributed by atoms with Gasteiger partial charge in [0.05, 0.1) is 0 Å². The van der Waals surface area contributed by atoms with Gasteiger partial charge in [0.2, 0.25) is 0 Å². The maximum atomic E-state index is 11.5. The maximum Gasteiger partial charge on any atom is 0.135 e. The molecule has 0 saturated heterocycles. The van der Waals surface area contributed by atoms with E-state index < -0.39 is 0 Å². The van der Waals surface area contributed by atoms with Crippen molar-refractivity contribution in [3.8, 4) is 0 Å². The first kappa shape index (κ1) is 12.3. The van der Waals surface area contributed by atoms with E-state index in [4.69, 9.17) is 0 Å². The Labute approximate surface area is 104 Å². The molecule has 1 aliphatic carbocycles. The van der Waals surface area contributed by atoms with E-state index in [-0.39, 0.29) is 5.92 Å². The lowest BCUT2D eigenvalue weighted by atomic mass is 9.90. The van der Waals surface area contributed by atoms with E-state index in [9.17, 15) is 4.79 Å². The second kappa shape index (κ2) is 5.03. The second-order valence-corrected chi connectivity index (χ2v) is 5.65. The predicted molar refractivity (Wildman–Crippen MR) is 71.1 cm³/mol. The van der Waals surface area contributed by atoms with Gasteiger partial charge in [0.25, 0.3) is 0 Å². The first-order valence-electron chi connectivity index (χ1n) is 6.69. The van der Waals surface area contributed by atoms with Crippen molar-refractivity contribution >= 4 is 5.78 Å². The third-order valence-corrected chi connectivity index (χ3v) is 4.12. The summed E-state index contributed by atoms with van der Waals surface area (Å²) in [4.78, 5) is 11.5. The van der Waals surface area contributed by atoms with Gasteiger partial charge in [-0.15, -0.1) is 0 Å². The predicted octanol–water partition coefficient (Wildman–Crippen LogP) is 3.97. The fraction of sp³-hybridized carbons (Fsp3) is 0.562. The molecule has 2 atom stereocenters. The fourth-order valence-electron chi connectivity index (χ4n) is 2.69. The van der Waals surface area contributed by atoms with E-state index >= 15 is 0 Å². The Morgan fingerprint density at radius 2 is 1.88 bits per heavy atom. The molecule has 2 unspecified atom stereocenters. The highest BCUT2D eigenvalue weighted by Crippen LogP contribution is 2.31. The number of rotatable bonds is 3. The summed E-state index contributed by atoms with van der Waals surface area (Å²) in [6.45, 7) is 6.52. The molecule has 0 spiro atoms. The minimum atomic E-state index is 0.264. The molecule has 1 heteroatoms. The minimum Gasteiger partial charge on any atom is -0.299 e. The molecule has 1 nitrogen and oxygen atoms in total. The van der Waals surface area contributed by atoms with Gasteiger partial charge in [-0.2, -0.15) is 0 Å². The van der Waals surface area contributed by atoms with Gasteiger partial charge in [-0.1, -0.05) is 45.0 Å². The van der Waals surface area contributed by atoms with Crippen LogP contribution in [0, 0.1) is 11.8 Å². The van der Waals surface area contributed by atoms with Crippen LogP contribution < -0.4 is 0 Å². The van der Waals surface area contributed by atoms with Gasteiger partial charge in [-0.05, 0) is 35.8 Å². The van der Waals surface area contributed by atoms with Crippen molar-refractivity contribution in [2.24, 2.45) is 11.8 Å². The molecule has 1 aliphatic rings. The fourth-order valence-corrected chi connectivity index (χ4v) is 2.69. The van der Waals surface area contributed by atoms with Crippen molar-refractivity contribution in [2.75, 3.05) is 0 Å². The molecule has 92 valence electrons. The van der Waals surface area contributed by atoms with Gasteiger partial charge in [-0.3, -0.25) is 4.79 Å². The van der Waals surface area contributed by atoms with E-state index in [0.29, 0.717) is 17.6 Å². The average Bonchev–Trinajstić information content (AvgIpc) is 2.62. The smallest absolute Gasteiger partial charge is 0.135 e. The molecular weight excluding hydrogens is 208 g/mol. The molecule has 0 aliphatic heterocycles. The Kier molecular flexibility index (Phi) is 3.66. The number of benzene rings is 1. The van der Waals surface area contributed by atoms with Crippen molar-refractivity contribution in [1.29, 1.82) is 0 Å². The Hall–Kier alpha value is -1.11. The molecule has 1 aromatic carbocycles. The Morgan fingerprint density at radius 1 is 1.24 bits per heavy atom. The number of carbonyl (C=O) groups excluding carboxylic acids is 1. The topological polar surface area (TPSA) is 17.1 Å². The standard InChI is InChI=1S/C16H22O/c1-11(2)14-6-4-13(5-7-14)10-15-8-9-16(17)12(15)3/h4-7,11-12,15H,8-10H2,1-3H3. The molecule has 1 aromatic rings. The monoisotopic (exact) mass is 230 g/mol. The minimum absolute atomic E-state index is 0.264. The maximum absolute atomic E-state index is 11.5. The van der Waals surface area contributed by atoms with Gasteiger partial charge >= 0.3 is 0 Å². The molecule has 0 aromatic heterocycles. The van der Waals surface area contributed by atoms with Crippen LogP contribution in [0.3, 0.4) is 0 Å². The van der Waals surface area contributed by atoms with Crippen LogP contribution >= 0.6 is 0 Å². The molecule has 0 bridgehead atoms. The lowest BCUT2D eigenvalue weighted by Crippen LogP contribution is -2.12. The third kappa shape index (κ3) is 2.77. The largest absolute Gasteiger partial charge is 0.299 e. The number of hydrogen-bond donors (Lipinski definition) is 0. The summed E-state index contributed by atoms with van der Waals surface area (Å²) in [5.74, 6) is 1.87. The molecule has 1 fully saturated rings. The Balaban J connectivity index is 2.02. The average molecular weight is 230 g/mol. The summed E-state index contributed by atoms with van der Waals surface area (Å²) in [5, 5.41) is 0. The van der Waals surface area contributed by atoms with Crippen LogP contribution in [0.15, 0.2) is 24.3 Å². The van der Waals surface area contributed by atoms with E-state index in [1.165, 1.54) is 11.1 Å². The summed E-state index contributed by atoms with van der Waals surface area (Å²) in [7, 11) is 0. The highest BCUT2D eigenvalue weighted by atomic mass is 16.1. The Bertz CT molecular complexity index is 388. The number of Topliss-reactive ketones (excluding diaryl/α,β-unsaturated/α-hetero) is 1. The van der Waals surface area contributed by atoms with Gasteiger partial charge in [0, 0.05) is 12.3 Å². The van der Waals surface area contributed by atoms with Gasteiger partial charge in [0.1, 0.15) is 5.78 Å². The van der Waals surface area contributed by atoms with Gasteiger partial charge in [-0.25, -0.2) is 0 Å². The number of carbonyl (C=O) groups is 1. The molecule has 17 heavy (non-hydrogen) atoms. The number of ketones is 1. The van der Waals surface area contributed by atoms with Crippen LogP contribution in [0.2, 0.25) is 0 Å². The van der Waals surface area contributed by atoms with Crippen LogP contribution in [-0.2, 0) is 11.2 Å². The van der Waals surface area contributed by atoms with Crippen molar-refractivity contribution < 1.29 is 4.79 Å². The zero-order valence-electron chi connectivity index (χ0n) is 11.1. The molecule has 0 N–H and O–H groups in total. The van der Waals surface area contributed by atoms with Crippen LogP contribution in [-0.4, -0.2) is 5.78 Å². The normalized spacial score (nSPS) is 24.6. The van der Waals surface area contributed by atoms with Crippen LogP contribution in [0.1, 0.15) is 50.7 Å². The molecule has 0 radical (unpaired) electrons. The Morgan fingerprint density at radius 3 is 2.35 bits per heavy atom. The van der Waals surface area contributed by atoms with Gasteiger partial charge in [0.15, 0.2) is 0 Å². The van der Waals surface area contributed by atoms with E-state index in [0.717, 1.165) is 19.3 Å². The SMILES string of the molecule is CC(C)c1ccc(CC2CCC(=O)C2C)cc1. The summed E-state index contributed by atoms with van der Waals surface area (Å²) in [6.07, 6.45) is 2.92. The zero-order chi connectivity index (χ0) is 12.4. The highest BCUT2D eigenvalue weighted by Gasteiger charge is 2.30.